The summed E-state index contributed by atoms with van der Waals surface area (Å²) in [5.41, 5.74) is 0. The average Bonchev–Trinajstić information content (AvgIpc) is 1.36. The molecule has 0 fully saturated rings. The van der Waals surface area contributed by atoms with E-state index < -0.39 is 11.9 Å². The fraction of sp³-hybridized carbons (Fsp3) is 0. The number of hydrogen-bond acceptors (Lipinski definition) is 2. The molecule has 0 radical (unpaired) electrons. The Morgan fingerprint density at radius 1 is 1.00 bits per heavy atom. The van der Waals surface area contributed by atoms with Crippen molar-refractivity contribution in [2.45, 2.75) is 0 Å². The zero-order valence-electron chi connectivity index (χ0n) is 3.12. The molecule has 0 aromatic rings. The van der Waals surface area contributed by atoms with Gasteiger partial charge in [-0.25, -0.2) is 9.59 Å². The normalized spacial score (nSPS) is 5.50. The summed E-state index contributed by atoms with van der Waals surface area (Å²) in [6.45, 7) is 0. The Balaban J connectivity index is -0.000000125. The minimum absolute atomic E-state index is 0. The molecule has 0 aromatic carbocycles. The predicted molar refractivity (Wildman–Crippen MR) is 24.9 cm³/mol. The molecule has 0 saturated carbocycles. The van der Waals surface area contributed by atoms with Crippen molar-refractivity contribution < 1.29 is 24.5 Å². The second-order valence-electron chi connectivity index (χ2n) is 0.610. The van der Waals surface area contributed by atoms with Gasteiger partial charge in [-0.3, -0.25) is 4.70 Å². The molecule has 2 N–H and O–H groups in total. The molecule has 0 amide bonds. The standard InChI is InChI=1S/C2H2O4.FH.Li.H/c3-1(4)2(5)6;;;/h(H,3,4)(H,5,6);1H;;. The van der Waals surface area contributed by atoms with Crippen LogP contribution in [0, 0.1) is 0 Å². The van der Waals surface area contributed by atoms with Gasteiger partial charge in [0.05, 0.1) is 0 Å². The van der Waals surface area contributed by atoms with E-state index in [9.17, 15) is 0 Å². The van der Waals surface area contributed by atoms with Crippen LogP contribution >= 0.6 is 0 Å². The summed E-state index contributed by atoms with van der Waals surface area (Å²) in [4.78, 5) is 18.2. The third kappa shape index (κ3) is 9.08. The van der Waals surface area contributed by atoms with Crippen molar-refractivity contribution >= 4 is 30.8 Å². The van der Waals surface area contributed by atoms with Gasteiger partial charge in [-0.05, 0) is 0 Å². The number of carboxylic acids is 2. The monoisotopic (exact) mass is 118 g/mol. The molecule has 8 heavy (non-hydrogen) atoms. The molecule has 0 aliphatic rings. The van der Waals surface area contributed by atoms with Crippen LogP contribution in [-0.4, -0.2) is 41.0 Å². The van der Waals surface area contributed by atoms with Gasteiger partial charge in [-0.15, -0.1) is 0 Å². The van der Waals surface area contributed by atoms with Gasteiger partial charge in [0.25, 0.3) is 0 Å². The van der Waals surface area contributed by atoms with Gasteiger partial charge >= 0.3 is 30.8 Å². The number of halogens is 1. The molecule has 0 spiro atoms. The third-order valence-electron chi connectivity index (χ3n) is 0.183. The van der Waals surface area contributed by atoms with Gasteiger partial charge in [-0.2, -0.15) is 0 Å². The first-order valence-electron chi connectivity index (χ1n) is 1.11. The Bertz CT molecular complexity index is 80.0. The molecule has 4 nitrogen and oxygen atoms in total. The average molecular weight is 118 g/mol. The molecular formula is C2H4FLiO4. The Labute approximate surface area is 56.0 Å². The molecule has 44 valence electrons. The van der Waals surface area contributed by atoms with E-state index >= 15 is 0 Å². The summed E-state index contributed by atoms with van der Waals surface area (Å²) >= 11 is 0. The molecule has 0 saturated heterocycles. The predicted octanol–water partition coefficient (Wildman–Crippen LogP) is -1.34. The number of carbonyl (C=O) groups is 2. The quantitative estimate of drug-likeness (QED) is 0.305. The van der Waals surface area contributed by atoms with E-state index in [0.717, 1.165) is 0 Å². The summed E-state index contributed by atoms with van der Waals surface area (Å²) in [6, 6.07) is 0. The molecule has 0 unspecified atom stereocenters. The summed E-state index contributed by atoms with van der Waals surface area (Å²) < 4.78 is 0. The van der Waals surface area contributed by atoms with Gasteiger partial charge in [0.15, 0.2) is 0 Å². The van der Waals surface area contributed by atoms with E-state index in [4.69, 9.17) is 19.8 Å². The summed E-state index contributed by atoms with van der Waals surface area (Å²) in [5.74, 6) is -3.65. The van der Waals surface area contributed by atoms with Gasteiger partial charge < -0.3 is 10.2 Å². The first kappa shape index (κ1) is 15.7. The molecule has 0 atom stereocenters. The van der Waals surface area contributed by atoms with Gasteiger partial charge in [0.2, 0.25) is 0 Å². The number of hydrogen-bond donors (Lipinski definition) is 2. The third-order valence-corrected chi connectivity index (χ3v) is 0.183. The van der Waals surface area contributed by atoms with Crippen LogP contribution in [0.5, 0.6) is 0 Å². The van der Waals surface area contributed by atoms with Crippen LogP contribution in [0.2, 0.25) is 0 Å². The Kier molecular flexibility index (Phi) is 12.7. The molecule has 6 heteroatoms. The van der Waals surface area contributed by atoms with Gasteiger partial charge in [0.1, 0.15) is 0 Å². The van der Waals surface area contributed by atoms with Crippen molar-refractivity contribution in [2.75, 3.05) is 0 Å². The van der Waals surface area contributed by atoms with Crippen LogP contribution in [0.4, 0.5) is 4.70 Å². The SMILES string of the molecule is F.O=C(O)C(=O)O.[LiH]. The van der Waals surface area contributed by atoms with Crippen LogP contribution in [0.25, 0.3) is 0 Å². The summed E-state index contributed by atoms with van der Waals surface area (Å²) in [5, 5.41) is 14.8. The van der Waals surface area contributed by atoms with E-state index in [1.165, 1.54) is 0 Å². The maximum absolute atomic E-state index is 9.10. The Morgan fingerprint density at radius 3 is 1.12 bits per heavy atom. The van der Waals surface area contributed by atoms with Crippen molar-refractivity contribution in [3.63, 3.8) is 0 Å². The fourth-order valence-corrected chi connectivity index (χ4v) is 0. The van der Waals surface area contributed by atoms with Crippen molar-refractivity contribution in [3.8, 4) is 0 Å². The van der Waals surface area contributed by atoms with Gasteiger partial charge in [-0.1, -0.05) is 0 Å². The first-order valence-corrected chi connectivity index (χ1v) is 1.11. The van der Waals surface area contributed by atoms with Gasteiger partial charge in [0, 0.05) is 0 Å². The van der Waals surface area contributed by atoms with E-state index in [-0.39, 0.29) is 23.6 Å². The maximum atomic E-state index is 9.10. The van der Waals surface area contributed by atoms with E-state index in [1.54, 1.807) is 0 Å². The zero-order valence-corrected chi connectivity index (χ0v) is 3.12. The van der Waals surface area contributed by atoms with E-state index in [1.807, 2.05) is 0 Å². The summed E-state index contributed by atoms with van der Waals surface area (Å²) in [6.07, 6.45) is 0. The molecule has 0 heterocycles. The van der Waals surface area contributed by atoms with E-state index in [2.05, 4.69) is 0 Å². The Hall–Kier alpha value is -0.533. The zero-order chi connectivity index (χ0) is 5.15. The van der Waals surface area contributed by atoms with Crippen LogP contribution < -0.4 is 0 Å². The number of rotatable bonds is 0. The van der Waals surface area contributed by atoms with Crippen molar-refractivity contribution in [1.82, 2.24) is 0 Å². The molecular weight excluding hydrogens is 114 g/mol. The van der Waals surface area contributed by atoms with Crippen LogP contribution in [0.1, 0.15) is 0 Å². The minimum atomic E-state index is -1.82. The topological polar surface area (TPSA) is 74.6 Å². The molecule has 0 bridgehead atoms. The molecule has 0 rings (SSSR count). The van der Waals surface area contributed by atoms with Crippen molar-refractivity contribution in [2.24, 2.45) is 0 Å². The fourth-order valence-electron chi connectivity index (χ4n) is 0. The number of aliphatic carboxylic acids is 2. The second kappa shape index (κ2) is 6.47. The molecule has 0 aromatic heterocycles. The number of carboxylic acid groups (broad SMARTS) is 2. The molecule has 0 aliphatic carbocycles. The molecule has 0 aliphatic heterocycles. The second-order valence-corrected chi connectivity index (χ2v) is 0.610. The summed E-state index contributed by atoms with van der Waals surface area (Å²) in [7, 11) is 0. The van der Waals surface area contributed by atoms with Crippen LogP contribution in [0.3, 0.4) is 0 Å². The van der Waals surface area contributed by atoms with Crippen molar-refractivity contribution in [1.29, 1.82) is 0 Å². The van der Waals surface area contributed by atoms with Crippen molar-refractivity contribution in [3.05, 3.63) is 0 Å². The Morgan fingerprint density at radius 2 is 1.12 bits per heavy atom. The van der Waals surface area contributed by atoms with Crippen LogP contribution in [0.15, 0.2) is 0 Å². The van der Waals surface area contributed by atoms with E-state index in [0.29, 0.717) is 0 Å². The first-order chi connectivity index (χ1) is 2.64. The van der Waals surface area contributed by atoms with Crippen LogP contribution in [-0.2, 0) is 9.59 Å².